The molecule has 132 valence electrons. The molecular formula is C17H30N2O4. The summed E-state index contributed by atoms with van der Waals surface area (Å²) >= 11 is 0. The van der Waals surface area contributed by atoms with Gasteiger partial charge in [-0.15, -0.1) is 0 Å². The van der Waals surface area contributed by atoms with Crippen molar-refractivity contribution in [3.63, 3.8) is 0 Å². The molecule has 0 bridgehead atoms. The van der Waals surface area contributed by atoms with E-state index < -0.39 is 5.60 Å². The third-order valence-electron chi connectivity index (χ3n) is 4.54. The molecule has 2 rings (SSSR count). The second kappa shape index (κ2) is 6.67. The van der Waals surface area contributed by atoms with E-state index in [1.165, 1.54) is 0 Å². The van der Waals surface area contributed by atoms with Gasteiger partial charge < -0.3 is 19.3 Å². The molecule has 6 nitrogen and oxygen atoms in total. The molecule has 0 radical (unpaired) electrons. The lowest BCUT2D eigenvalue weighted by atomic mass is 9.88. The number of ether oxygens (including phenoxy) is 2. The van der Waals surface area contributed by atoms with Gasteiger partial charge in [0, 0.05) is 26.2 Å². The molecule has 0 aromatic heterocycles. The smallest absolute Gasteiger partial charge is 0.410 e. The predicted molar refractivity (Wildman–Crippen MR) is 87.2 cm³/mol. The number of nitrogens with zero attached hydrogens (tertiary/aromatic N) is 2. The molecule has 2 fully saturated rings. The van der Waals surface area contributed by atoms with E-state index in [0.29, 0.717) is 32.6 Å². The zero-order valence-electron chi connectivity index (χ0n) is 15.1. The number of hydrogen-bond acceptors (Lipinski definition) is 4. The lowest BCUT2D eigenvalue weighted by Gasteiger charge is -2.49. The highest BCUT2D eigenvalue weighted by Crippen LogP contribution is 2.34. The highest BCUT2D eigenvalue weighted by Gasteiger charge is 2.46. The first-order valence-electron chi connectivity index (χ1n) is 8.64. The van der Waals surface area contributed by atoms with Crippen LogP contribution < -0.4 is 0 Å². The van der Waals surface area contributed by atoms with Crippen molar-refractivity contribution in [1.29, 1.82) is 0 Å². The quantitative estimate of drug-likeness (QED) is 0.782. The minimum atomic E-state index is -0.480. The van der Waals surface area contributed by atoms with Crippen molar-refractivity contribution in [2.75, 3.05) is 26.2 Å². The molecule has 23 heavy (non-hydrogen) atoms. The normalized spacial score (nSPS) is 24.9. The van der Waals surface area contributed by atoms with Crippen LogP contribution in [0.15, 0.2) is 0 Å². The summed E-state index contributed by atoms with van der Waals surface area (Å²) in [6.45, 7) is 12.1. The van der Waals surface area contributed by atoms with Gasteiger partial charge in [-0.3, -0.25) is 4.79 Å². The van der Waals surface area contributed by atoms with Crippen LogP contribution in [0.2, 0.25) is 0 Å². The number of rotatable bonds is 2. The Morgan fingerprint density at radius 1 is 1.30 bits per heavy atom. The van der Waals surface area contributed by atoms with E-state index in [2.05, 4.69) is 0 Å². The summed E-state index contributed by atoms with van der Waals surface area (Å²) in [6, 6.07) is 0. The number of piperidine rings is 1. The summed E-state index contributed by atoms with van der Waals surface area (Å²) in [5.74, 6) is 0.0928. The lowest BCUT2D eigenvalue weighted by Crippen LogP contribution is -2.62. The van der Waals surface area contributed by atoms with Crippen molar-refractivity contribution in [1.82, 2.24) is 9.80 Å². The van der Waals surface area contributed by atoms with E-state index in [-0.39, 0.29) is 23.7 Å². The van der Waals surface area contributed by atoms with Crippen molar-refractivity contribution in [2.45, 2.75) is 71.2 Å². The fourth-order valence-corrected chi connectivity index (χ4v) is 3.24. The fraction of sp³-hybridized carbons (Fsp3) is 0.882. The van der Waals surface area contributed by atoms with Crippen LogP contribution in [-0.4, -0.2) is 65.3 Å². The maximum absolute atomic E-state index is 12.3. The second-order valence-electron chi connectivity index (χ2n) is 7.52. The maximum Gasteiger partial charge on any atom is 0.410 e. The summed E-state index contributed by atoms with van der Waals surface area (Å²) in [4.78, 5) is 28.1. The van der Waals surface area contributed by atoms with Crippen molar-refractivity contribution in [3.8, 4) is 0 Å². The standard InChI is InChI=1S/C17H30N2O4/c1-6-13-14(20)18(7-2)12-17(22-13)8-10-19(11-9-17)15(21)23-16(3,4)5/h13H,6-12H2,1-5H3/t13-/m1/s1. The van der Waals surface area contributed by atoms with Gasteiger partial charge >= 0.3 is 6.09 Å². The molecule has 0 N–H and O–H groups in total. The highest BCUT2D eigenvalue weighted by atomic mass is 16.6. The van der Waals surface area contributed by atoms with Gasteiger partial charge in [-0.05, 0) is 47.0 Å². The van der Waals surface area contributed by atoms with Crippen LogP contribution >= 0.6 is 0 Å². The predicted octanol–water partition coefficient (Wildman–Crippen LogP) is 2.41. The Bertz CT molecular complexity index is 432. The fourth-order valence-electron chi connectivity index (χ4n) is 3.24. The van der Waals surface area contributed by atoms with E-state index >= 15 is 0 Å². The molecule has 2 aliphatic rings. The van der Waals surface area contributed by atoms with Crippen LogP contribution in [0.3, 0.4) is 0 Å². The van der Waals surface area contributed by atoms with Gasteiger partial charge in [-0.25, -0.2) is 4.79 Å². The van der Waals surface area contributed by atoms with Crippen LogP contribution in [0.4, 0.5) is 4.79 Å². The van der Waals surface area contributed by atoms with Crippen molar-refractivity contribution in [2.24, 2.45) is 0 Å². The molecule has 2 heterocycles. The summed E-state index contributed by atoms with van der Waals surface area (Å²) in [5, 5.41) is 0. The average molecular weight is 326 g/mol. The van der Waals surface area contributed by atoms with E-state index in [1.807, 2.05) is 39.5 Å². The monoisotopic (exact) mass is 326 g/mol. The second-order valence-corrected chi connectivity index (χ2v) is 7.52. The van der Waals surface area contributed by atoms with E-state index in [0.717, 1.165) is 12.8 Å². The first kappa shape index (κ1) is 18.0. The number of hydrogen-bond donors (Lipinski definition) is 0. The Labute approximate surface area is 139 Å². The summed E-state index contributed by atoms with van der Waals surface area (Å²) in [7, 11) is 0. The first-order valence-corrected chi connectivity index (χ1v) is 8.64. The molecule has 0 aromatic carbocycles. The zero-order chi connectivity index (χ0) is 17.3. The molecule has 0 unspecified atom stereocenters. The first-order chi connectivity index (χ1) is 10.7. The third kappa shape index (κ3) is 4.16. The number of amides is 2. The van der Waals surface area contributed by atoms with Gasteiger partial charge in [0.1, 0.15) is 11.7 Å². The molecule has 2 saturated heterocycles. The molecule has 2 amide bonds. The van der Waals surface area contributed by atoms with Crippen LogP contribution in [0.5, 0.6) is 0 Å². The number of carbonyl (C=O) groups excluding carboxylic acids is 2. The molecule has 2 aliphatic heterocycles. The van der Waals surface area contributed by atoms with Crippen LogP contribution in [-0.2, 0) is 14.3 Å². The van der Waals surface area contributed by atoms with Gasteiger partial charge in [0.25, 0.3) is 5.91 Å². The van der Waals surface area contributed by atoms with Crippen molar-refractivity contribution < 1.29 is 19.1 Å². The molecule has 6 heteroatoms. The van der Waals surface area contributed by atoms with Crippen LogP contribution in [0, 0.1) is 0 Å². The molecule has 0 aliphatic carbocycles. The van der Waals surface area contributed by atoms with Gasteiger partial charge in [0.15, 0.2) is 0 Å². The minimum Gasteiger partial charge on any atom is -0.444 e. The zero-order valence-corrected chi connectivity index (χ0v) is 15.1. The molecular weight excluding hydrogens is 296 g/mol. The number of likely N-dealkylation sites (tertiary alicyclic amines) is 1. The lowest BCUT2D eigenvalue weighted by molar-refractivity contribution is -0.192. The van der Waals surface area contributed by atoms with E-state index in [4.69, 9.17) is 9.47 Å². The van der Waals surface area contributed by atoms with Gasteiger partial charge in [0.2, 0.25) is 0 Å². The van der Waals surface area contributed by atoms with Crippen molar-refractivity contribution in [3.05, 3.63) is 0 Å². The summed E-state index contributed by atoms with van der Waals surface area (Å²) < 4.78 is 11.6. The van der Waals surface area contributed by atoms with E-state index in [1.54, 1.807) is 4.90 Å². The molecule has 0 saturated carbocycles. The van der Waals surface area contributed by atoms with Gasteiger partial charge in [-0.1, -0.05) is 6.92 Å². The highest BCUT2D eigenvalue weighted by molar-refractivity contribution is 5.81. The third-order valence-corrected chi connectivity index (χ3v) is 4.54. The Balaban J connectivity index is 1.99. The number of likely N-dealkylation sites (N-methyl/N-ethyl adjacent to an activating group) is 1. The van der Waals surface area contributed by atoms with Crippen LogP contribution in [0.1, 0.15) is 53.9 Å². The van der Waals surface area contributed by atoms with Gasteiger partial charge in [0.05, 0.1) is 5.60 Å². The Kier molecular flexibility index (Phi) is 5.23. The molecule has 1 spiro atoms. The maximum atomic E-state index is 12.3. The minimum absolute atomic E-state index is 0.0928. The van der Waals surface area contributed by atoms with E-state index in [9.17, 15) is 9.59 Å². The summed E-state index contributed by atoms with van der Waals surface area (Å²) in [5.41, 5.74) is -0.796. The SMILES string of the molecule is CC[C@H]1OC2(CCN(C(=O)OC(C)(C)C)CC2)CN(CC)C1=O. The number of carbonyl (C=O) groups is 2. The largest absolute Gasteiger partial charge is 0.444 e. The molecule has 1 atom stereocenters. The van der Waals surface area contributed by atoms with Gasteiger partial charge in [-0.2, -0.15) is 0 Å². The average Bonchev–Trinajstić information content (AvgIpc) is 2.48. The Hall–Kier alpha value is -1.30. The van der Waals surface area contributed by atoms with Crippen LogP contribution in [0.25, 0.3) is 0 Å². The summed E-state index contributed by atoms with van der Waals surface area (Å²) in [6.07, 6.45) is 1.56. The number of morpholine rings is 1. The van der Waals surface area contributed by atoms with Crippen molar-refractivity contribution >= 4 is 12.0 Å². The molecule has 0 aromatic rings. The Morgan fingerprint density at radius 3 is 2.39 bits per heavy atom. The topological polar surface area (TPSA) is 59.1 Å². The Morgan fingerprint density at radius 2 is 1.91 bits per heavy atom.